The number of halogens is 5. The van der Waals surface area contributed by atoms with Crippen LogP contribution >= 0.6 is 79.6 Å². The second kappa shape index (κ2) is 11.2. The molecule has 146 valence electrons. The first-order valence-corrected chi connectivity index (χ1v) is 11.9. The lowest BCUT2D eigenvalue weighted by Crippen LogP contribution is -2.00. The summed E-state index contributed by atoms with van der Waals surface area (Å²) in [6.45, 7) is 0.515. The van der Waals surface area contributed by atoms with Crippen molar-refractivity contribution in [3.05, 3.63) is 46.6 Å². The van der Waals surface area contributed by atoms with Gasteiger partial charge in [-0.15, -0.1) is 0 Å². The van der Waals surface area contributed by atoms with Crippen LogP contribution in [0.2, 0.25) is 0 Å². The first-order valence-electron chi connectivity index (χ1n) is 7.94. The van der Waals surface area contributed by atoms with Gasteiger partial charge in [0.15, 0.2) is 5.75 Å². The normalized spacial score (nSPS) is 10.7. The van der Waals surface area contributed by atoms with E-state index in [1.807, 2.05) is 24.3 Å². The summed E-state index contributed by atoms with van der Waals surface area (Å²) in [5, 5.41) is 8.64. The largest absolute Gasteiger partial charge is 0.491 e. The maximum Gasteiger partial charge on any atom is 0.303 e. The molecule has 0 aliphatic carbocycles. The fraction of sp³-hybridized carbons (Fsp3) is 0.278. The number of hydrogen-bond acceptors (Lipinski definition) is 3. The van der Waals surface area contributed by atoms with E-state index in [4.69, 9.17) is 14.6 Å². The summed E-state index contributed by atoms with van der Waals surface area (Å²) >= 11 is 17.5. The quantitative estimate of drug-likeness (QED) is 0.269. The minimum Gasteiger partial charge on any atom is -0.491 e. The van der Waals surface area contributed by atoms with Crippen molar-refractivity contribution in [1.82, 2.24) is 0 Å². The van der Waals surface area contributed by atoms with Gasteiger partial charge in [0, 0.05) is 10.9 Å². The van der Waals surface area contributed by atoms with Crippen molar-refractivity contribution in [2.45, 2.75) is 25.7 Å². The van der Waals surface area contributed by atoms with Crippen LogP contribution in [0, 0.1) is 0 Å². The van der Waals surface area contributed by atoms with E-state index < -0.39 is 5.97 Å². The fourth-order valence-electron chi connectivity index (χ4n) is 2.21. The van der Waals surface area contributed by atoms with E-state index in [0.717, 1.165) is 35.2 Å². The Kier molecular flexibility index (Phi) is 9.61. The molecule has 4 nitrogen and oxygen atoms in total. The molecule has 0 aromatic heterocycles. The van der Waals surface area contributed by atoms with Gasteiger partial charge < -0.3 is 14.6 Å². The Morgan fingerprint density at radius 2 is 1.37 bits per heavy atom. The lowest BCUT2D eigenvalue weighted by molar-refractivity contribution is -0.137. The van der Waals surface area contributed by atoms with Crippen LogP contribution < -0.4 is 9.47 Å². The van der Waals surface area contributed by atoms with Crippen LogP contribution in [-0.2, 0) is 4.79 Å². The Hall–Kier alpha value is -0.0900. The summed E-state index contributed by atoms with van der Waals surface area (Å²) in [7, 11) is 0. The molecule has 2 aromatic carbocycles. The Morgan fingerprint density at radius 1 is 0.815 bits per heavy atom. The number of unbranched alkanes of at least 4 members (excludes halogenated alkanes) is 2. The molecule has 1 N–H and O–H groups in total. The van der Waals surface area contributed by atoms with Crippen LogP contribution in [0.25, 0.3) is 0 Å². The van der Waals surface area contributed by atoms with Crippen LogP contribution in [0.5, 0.6) is 17.2 Å². The standard InChI is InChI=1S/C18H15Br5O4/c19-10-6-12(20)18(13(21)7-10)27-11-8-14(22)17(15(23)9-11)26-5-3-1-2-4-16(24)25/h6-9H,1-5H2,(H,24,25). The molecule has 0 heterocycles. The molecule has 0 amide bonds. The van der Waals surface area contributed by atoms with E-state index >= 15 is 0 Å². The zero-order valence-electron chi connectivity index (χ0n) is 13.9. The third kappa shape index (κ3) is 7.34. The summed E-state index contributed by atoms with van der Waals surface area (Å²) in [6.07, 6.45) is 2.46. The molecule has 2 aromatic rings. The van der Waals surface area contributed by atoms with E-state index in [1.54, 1.807) is 0 Å². The monoisotopic (exact) mass is 690 g/mol. The Bertz CT molecular complexity index is 779. The van der Waals surface area contributed by atoms with Crippen molar-refractivity contribution in [3.8, 4) is 17.2 Å². The van der Waals surface area contributed by atoms with Gasteiger partial charge in [0.1, 0.15) is 11.5 Å². The van der Waals surface area contributed by atoms with Crippen LogP contribution in [0.3, 0.4) is 0 Å². The second-order valence-electron chi connectivity index (χ2n) is 5.57. The Balaban J connectivity index is 2.01. The van der Waals surface area contributed by atoms with Crippen LogP contribution in [0.1, 0.15) is 25.7 Å². The minimum atomic E-state index is -0.763. The highest BCUT2D eigenvalue weighted by molar-refractivity contribution is 9.12. The van der Waals surface area contributed by atoms with E-state index in [0.29, 0.717) is 30.3 Å². The number of hydrogen-bond donors (Lipinski definition) is 1. The van der Waals surface area contributed by atoms with Crippen LogP contribution in [0.15, 0.2) is 46.6 Å². The molecular formula is C18H15Br5O4. The maximum atomic E-state index is 10.5. The van der Waals surface area contributed by atoms with Crippen LogP contribution in [0.4, 0.5) is 0 Å². The van der Waals surface area contributed by atoms with Crippen molar-refractivity contribution < 1.29 is 19.4 Å². The average Bonchev–Trinajstić information content (AvgIpc) is 2.55. The summed E-state index contributed by atoms with van der Waals surface area (Å²) in [5.74, 6) is 1.24. The zero-order chi connectivity index (χ0) is 20.0. The summed E-state index contributed by atoms with van der Waals surface area (Å²) < 4.78 is 15.9. The van der Waals surface area contributed by atoms with Crippen molar-refractivity contribution in [2.75, 3.05) is 6.61 Å². The number of ether oxygens (including phenoxy) is 2. The molecule has 27 heavy (non-hydrogen) atoms. The topological polar surface area (TPSA) is 55.8 Å². The lowest BCUT2D eigenvalue weighted by atomic mass is 10.2. The highest BCUT2D eigenvalue weighted by atomic mass is 79.9. The molecule has 9 heteroatoms. The molecule has 0 atom stereocenters. The van der Waals surface area contributed by atoms with Gasteiger partial charge in [0.2, 0.25) is 0 Å². The van der Waals surface area contributed by atoms with Gasteiger partial charge in [0.25, 0.3) is 0 Å². The smallest absolute Gasteiger partial charge is 0.303 e. The van der Waals surface area contributed by atoms with Crippen molar-refractivity contribution >= 4 is 85.6 Å². The molecule has 0 aliphatic rings. The molecule has 0 saturated heterocycles. The third-order valence-corrected chi connectivity index (χ3v) is 6.25. The number of carboxylic acid groups (broad SMARTS) is 1. The predicted molar refractivity (Wildman–Crippen MR) is 123 cm³/mol. The lowest BCUT2D eigenvalue weighted by Gasteiger charge is -2.14. The number of carboxylic acids is 1. The molecule has 0 unspecified atom stereocenters. The SMILES string of the molecule is O=C(O)CCCCCOc1c(Br)cc(Oc2c(Br)cc(Br)cc2Br)cc1Br. The summed E-state index contributed by atoms with van der Waals surface area (Å²) in [4.78, 5) is 10.5. The van der Waals surface area contributed by atoms with Gasteiger partial charge in [0.05, 0.1) is 24.5 Å². The van der Waals surface area contributed by atoms with Gasteiger partial charge in [-0.2, -0.15) is 0 Å². The molecule has 0 aliphatic heterocycles. The number of benzene rings is 2. The van der Waals surface area contributed by atoms with E-state index in [2.05, 4.69) is 79.6 Å². The Labute approximate surface area is 199 Å². The van der Waals surface area contributed by atoms with Gasteiger partial charge in [-0.25, -0.2) is 0 Å². The number of carbonyl (C=O) groups is 1. The second-order valence-corrected chi connectivity index (χ2v) is 9.90. The first kappa shape index (κ1) is 23.2. The molecule has 0 spiro atoms. The molecule has 0 bridgehead atoms. The van der Waals surface area contributed by atoms with Crippen molar-refractivity contribution in [1.29, 1.82) is 0 Å². The third-order valence-electron chi connectivity index (χ3n) is 3.44. The van der Waals surface area contributed by atoms with E-state index in [9.17, 15) is 4.79 Å². The van der Waals surface area contributed by atoms with E-state index in [1.165, 1.54) is 0 Å². The van der Waals surface area contributed by atoms with Gasteiger partial charge >= 0.3 is 5.97 Å². The molecule has 2 rings (SSSR count). The maximum absolute atomic E-state index is 10.5. The number of aliphatic carboxylic acids is 1. The average molecular weight is 695 g/mol. The highest BCUT2D eigenvalue weighted by Crippen LogP contribution is 2.43. The summed E-state index contributed by atoms with van der Waals surface area (Å²) in [6, 6.07) is 7.49. The highest BCUT2D eigenvalue weighted by Gasteiger charge is 2.14. The van der Waals surface area contributed by atoms with Crippen molar-refractivity contribution in [2.24, 2.45) is 0 Å². The molecule has 0 radical (unpaired) electrons. The van der Waals surface area contributed by atoms with Gasteiger partial charge in [-0.3, -0.25) is 4.79 Å². The number of rotatable bonds is 9. The Morgan fingerprint density at radius 3 is 1.93 bits per heavy atom. The van der Waals surface area contributed by atoms with Gasteiger partial charge in [-0.05, 0) is 107 Å². The fourth-order valence-corrected chi connectivity index (χ4v) is 6.00. The molecule has 0 fully saturated rings. The van der Waals surface area contributed by atoms with Crippen LogP contribution in [-0.4, -0.2) is 17.7 Å². The summed E-state index contributed by atoms with van der Waals surface area (Å²) in [5.41, 5.74) is 0. The van der Waals surface area contributed by atoms with Crippen molar-refractivity contribution in [3.63, 3.8) is 0 Å². The zero-order valence-corrected chi connectivity index (χ0v) is 21.8. The minimum absolute atomic E-state index is 0.195. The first-order chi connectivity index (χ1) is 12.8. The van der Waals surface area contributed by atoms with Gasteiger partial charge in [-0.1, -0.05) is 15.9 Å². The molecule has 0 saturated carbocycles. The molecular weight excluding hydrogens is 680 g/mol. The van der Waals surface area contributed by atoms with E-state index in [-0.39, 0.29) is 6.42 Å². The predicted octanol–water partition coefficient (Wildman–Crippen LogP) is 8.32.